The fraction of sp³-hybridized carbons (Fsp3) is 0.417. The van der Waals surface area contributed by atoms with Crippen molar-refractivity contribution >= 4 is 21.7 Å². The summed E-state index contributed by atoms with van der Waals surface area (Å²) in [6, 6.07) is 13.9. The molecule has 1 aliphatic rings. The summed E-state index contributed by atoms with van der Waals surface area (Å²) in [4.78, 5) is 25.7. The molecule has 2 aromatic rings. The van der Waals surface area contributed by atoms with E-state index in [1.54, 1.807) is 7.11 Å². The summed E-state index contributed by atoms with van der Waals surface area (Å²) in [5.41, 5.74) is 1.72. The van der Waals surface area contributed by atoms with Crippen LogP contribution in [0.5, 0.6) is 5.75 Å². The van der Waals surface area contributed by atoms with Gasteiger partial charge in [0.1, 0.15) is 5.75 Å². The van der Waals surface area contributed by atoms with Crippen molar-refractivity contribution in [3.05, 3.63) is 59.7 Å². The molecule has 32 heavy (non-hydrogen) atoms. The Morgan fingerprint density at radius 2 is 1.66 bits per heavy atom. The van der Waals surface area contributed by atoms with E-state index in [1.807, 2.05) is 17.0 Å². The van der Waals surface area contributed by atoms with Crippen LogP contribution in [0.4, 0.5) is 0 Å². The molecule has 0 aliphatic carbocycles. The fourth-order valence-electron chi connectivity index (χ4n) is 3.88. The number of sulfonamides is 1. The van der Waals surface area contributed by atoms with Gasteiger partial charge in [-0.2, -0.15) is 0 Å². The zero-order valence-corrected chi connectivity index (χ0v) is 19.4. The average Bonchev–Trinajstić information content (AvgIpc) is 2.80. The van der Waals surface area contributed by atoms with Crippen molar-refractivity contribution in [1.82, 2.24) is 9.62 Å². The Labute approximate surface area is 189 Å². The first-order chi connectivity index (χ1) is 15.3. The number of hydrogen-bond acceptors (Lipinski definition) is 5. The second kappa shape index (κ2) is 10.7. The maximum atomic E-state index is 12.5. The van der Waals surface area contributed by atoms with E-state index in [0.717, 1.165) is 25.0 Å². The van der Waals surface area contributed by atoms with E-state index < -0.39 is 10.0 Å². The van der Waals surface area contributed by atoms with Gasteiger partial charge >= 0.3 is 0 Å². The molecule has 0 saturated carbocycles. The largest absolute Gasteiger partial charge is 0.497 e. The Bertz CT molecular complexity index is 1030. The molecule has 0 atom stereocenters. The number of methoxy groups -OCH3 is 1. The molecular formula is C24H30N2O5S. The SMILES string of the molecule is COc1ccc(CC2CCN(C(=O)CCNS(=O)(=O)c3ccc(C(C)=O)cc3)CC2)cc1. The van der Waals surface area contributed by atoms with Gasteiger partial charge in [-0.3, -0.25) is 9.59 Å². The molecule has 0 spiro atoms. The van der Waals surface area contributed by atoms with Gasteiger partial charge in [-0.1, -0.05) is 24.3 Å². The van der Waals surface area contributed by atoms with Gasteiger partial charge < -0.3 is 9.64 Å². The molecule has 7 nitrogen and oxygen atoms in total. The number of nitrogens with zero attached hydrogens (tertiary/aromatic N) is 1. The predicted octanol–water partition coefficient (Wildman–Crippen LogP) is 3.05. The minimum Gasteiger partial charge on any atom is -0.497 e. The van der Waals surface area contributed by atoms with Crippen molar-refractivity contribution in [2.24, 2.45) is 5.92 Å². The third-order valence-corrected chi connectivity index (χ3v) is 7.33. The number of likely N-dealkylation sites (tertiary alicyclic amines) is 1. The highest BCUT2D eigenvalue weighted by molar-refractivity contribution is 7.89. The van der Waals surface area contributed by atoms with Crippen LogP contribution in [0.25, 0.3) is 0 Å². The summed E-state index contributed by atoms with van der Waals surface area (Å²) in [5, 5.41) is 0. The van der Waals surface area contributed by atoms with Crippen LogP contribution in [0.3, 0.4) is 0 Å². The van der Waals surface area contributed by atoms with Crippen molar-refractivity contribution in [3.8, 4) is 5.75 Å². The van der Waals surface area contributed by atoms with Gasteiger partial charge in [-0.05, 0) is 61.9 Å². The Morgan fingerprint density at radius 3 is 2.22 bits per heavy atom. The highest BCUT2D eigenvalue weighted by atomic mass is 32.2. The smallest absolute Gasteiger partial charge is 0.240 e. The van der Waals surface area contributed by atoms with Crippen LogP contribution in [0.15, 0.2) is 53.4 Å². The summed E-state index contributed by atoms with van der Waals surface area (Å²) in [7, 11) is -2.07. The Hall–Kier alpha value is -2.71. The predicted molar refractivity (Wildman–Crippen MR) is 122 cm³/mol. The van der Waals surface area contributed by atoms with Crippen molar-refractivity contribution < 1.29 is 22.7 Å². The minimum absolute atomic E-state index is 0.0393. The summed E-state index contributed by atoms with van der Waals surface area (Å²) in [6.45, 7) is 2.86. The van der Waals surface area contributed by atoms with Crippen LogP contribution in [-0.4, -0.2) is 51.8 Å². The normalized spacial score (nSPS) is 14.9. The molecule has 1 amide bonds. The molecule has 1 aliphatic heterocycles. The van der Waals surface area contributed by atoms with Crippen molar-refractivity contribution in [3.63, 3.8) is 0 Å². The first kappa shape index (κ1) is 23.9. The van der Waals surface area contributed by atoms with E-state index in [2.05, 4.69) is 16.9 Å². The highest BCUT2D eigenvalue weighted by Crippen LogP contribution is 2.23. The molecule has 2 aromatic carbocycles. The van der Waals surface area contributed by atoms with Crippen LogP contribution in [-0.2, 0) is 21.2 Å². The zero-order chi connectivity index (χ0) is 23.1. The number of hydrogen-bond donors (Lipinski definition) is 1. The van der Waals surface area contributed by atoms with Crippen LogP contribution < -0.4 is 9.46 Å². The van der Waals surface area contributed by atoms with Crippen molar-refractivity contribution in [2.45, 2.75) is 37.5 Å². The molecule has 0 aromatic heterocycles. The second-order valence-corrected chi connectivity index (χ2v) is 9.87. The number of piperidine rings is 1. The number of benzene rings is 2. The van der Waals surface area contributed by atoms with Gasteiger partial charge in [0.05, 0.1) is 12.0 Å². The van der Waals surface area contributed by atoms with E-state index >= 15 is 0 Å². The van der Waals surface area contributed by atoms with Gasteiger partial charge in [-0.15, -0.1) is 0 Å². The van der Waals surface area contributed by atoms with Crippen LogP contribution in [0.1, 0.15) is 42.1 Å². The van der Waals surface area contributed by atoms with E-state index in [4.69, 9.17) is 4.74 Å². The molecule has 1 saturated heterocycles. The lowest BCUT2D eigenvalue weighted by Crippen LogP contribution is -2.40. The summed E-state index contributed by atoms with van der Waals surface area (Å²) < 4.78 is 32.5. The molecule has 172 valence electrons. The minimum atomic E-state index is -3.72. The topological polar surface area (TPSA) is 92.8 Å². The maximum absolute atomic E-state index is 12.5. The molecule has 1 fully saturated rings. The Kier molecular flexibility index (Phi) is 8.04. The quantitative estimate of drug-likeness (QED) is 0.583. The number of nitrogens with one attached hydrogen (secondary N) is 1. The van der Waals surface area contributed by atoms with E-state index in [0.29, 0.717) is 24.6 Å². The monoisotopic (exact) mass is 458 g/mol. The molecule has 0 radical (unpaired) electrons. The molecular weight excluding hydrogens is 428 g/mol. The van der Waals surface area contributed by atoms with Gasteiger partial charge in [-0.25, -0.2) is 13.1 Å². The maximum Gasteiger partial charge on any atom is 0.240 e. The Balaban J connectivity index is 1.42. The molecule has 0 bridgehead atoms. The highest BCUT2D eigenvalue weighted by Gasteiger charge is 2.23. The second-order valence-electron chi connectivity index (χ2n) is 8.10. The van der Waals surface area contributed by atoms with Gasteiger partial charge in [0.25, 0.3) is 0 Å². The molecule has 0 unspecified atom stereocenters. The van der Waals surface area contributed by atoms with Crippen molar-refractivity contribution in [2.75, 3.05) is 26.7 Å². The number of ketones is 1. The van der Waals surface area contributed by atoms with Crippen LogP contribution >= 0.6 is 0 Å². The van der Waals surface area contributed by atoms with E-state index in [-0.39, 0.29) is 29.6 Å². The third kappa shape index (κ3) is 6.40. The number of carbonyl (C=O) groups is 2. The van der Waals surface area contributed by atoms with Gasteiger partial charge in [0.15, 0.2) is 5.78 Å². The summed E-state index contributed by atoms with van der Waals surface area (Å²) >= 11 is 0. The fourth-order valence-corrected chi connectivity index (χ4v) is 4.92. The third-order valence-electron chi connectivity index (χ3n) is 5.85. The van der Waals surface area contributed by atoms with Crippen LogP contribution in [0.2, 0.25) is 0 Å². The lowest BCUT2D eigenvalue weighted by Gasteiger charge is -2.32. The number of carbonyl (C=O) groups excluding carboxylic acids is 2. The Morgan fingerprint density at radius 1 is 1.03 bits per heavy atom. The van der Waals surface area contributed by atoms with Gasteiger partial charge in [0.2, 0.25) is 15.9 Å². The zero-order valence-electron chi connectivity index (χ0n) is 18.5. The lowest BCUT2D eigenvalue weighted by molar-refractivity contribution is -0.132. The average molecular weight is 459 g/mol. The van der Waals surface area contributed by atoms with E-state index in [9.17, 15) is 18.0 Å². The van der Waals surface area contributed by atoms with Crippen molar-refractivity contribution in [1.29, 1.82) is 0 Å². The first-order valence-corrected chi connectivity index (χ1v) is 12.3. The summed E-state index contributed by atoms with van der Waals surface area (Å²) in [6.07, 6.45) is 2.97. The molecule has 1 N–H and O–H groups in total. The molecule has 3 rings (SSSR count). The van der Waals surface area contributed by atoms with E-state index in [1.165, 1.54) is 36.8 Å². The van der Waals surface area contributed by atoms with Gasteiger partial charge in [0, 0.05) is 31.6 Å². The number of ether oxygens (including phenoxy) is 1. The summed E-state index contributed by atoms with van der Waals surface area (Å²) in [5.74, 6) is 1.21. The molecule has 1 heterocycles. The number of amides is 1. The van der Waals surface area contributed by atoms with Crippen LogP contribution in [0, 0.1) is 5.92 Å². The molecule has 8 heteroatoms. The number of Topliss-reactive ketones (excluding diaryl/α,β-unsaturated/α-hetero) is 1. The lowest BCUT2D eigenvalue weighted by atomic mass is 9.90. The standard InChI is InChI=1S/C24H30N2O5S/c1-18(27)21-5-9-23(10-6-21)32(29,30)25-14-11-24(28)26-15-12-20(13-16-26)17-19-3-7-22(31-2)8-4-19/h3-10,20,25H,11-17H2,1-2H3. The first-order valence-electron chi connectivity index (χ1n) is 10.8. The number of rotatable bonds is 9.